The summed E-state index contributed by atoms with van der Waals surface area (Å²) in [5.41, 5.74) is -0.111. The Kier molecular flexibility index (Phi) is 3.74. The zero-order valence-electron chi connectivity index (χ0n) is 10.5. The van der Waals surface area contributed by atoms with E-state index in [1.807, 2.05) is 6.92 Å². The van der Waals surface area contributed by atoms with Gasteiger partial charge in [0.2, 0.25) is 0 Å². The summed E-state index contributed by atoms with van der Waals surface area (Å²) in [4.78, 5) is 6.38. The average molecular weight is 273 g/mol. The number of hydrogen-bond acceptors (Lipinski definition) is 4. The van der Waals surface area contributed by atoms with Crippen molar-refractivity contribution < 1.29 is 13.5 Å². The normalized spacial score (nSPS) is 21.0. The average Bonchev–Trinajstić information content (AvgIpc) is 2.93. The number of aromatic amines is 1. The Hall–Kier alpha value is -0.920. The fraction of sp³-hybridized carbons (Fsp3) is 0.727. The van der Waals surface area contributed by atoms with Crippen LogP contribution in [0.15, 0.2) is 17.6 Å². The molecule has 2 heterocycles. The number of aliphatic hydroxyl groups excluding tert-OH is 1. The van der Waals surface area contributed by atoms with Crippen molar-refractivity contribution in [1.29, 1.82) is 0 Å². The van der Waals surface area contributed by atoms with Crippen molar-refractivity contribution in [1.82, 2.24) is 14.3 Å². The molecule has 1 aromatic rings. The van der Waals surface area contributed by atoms with E-state index in [9.17, 15) is 13.5 Å². The predicted octanol–water partition coefficient (Wildman–Crippen LogP) is 0.583. The zero-order valence-corrected chi connectivity index (χ0v) is 11.3. The van der Waals surface area contributed by atoms with E-state index in [-0.39, 0.29) is 17.0 Å². The van der Waals surface area contributed by atoms with E-state index in [0.29, 0.717) is 25.9 Å². The Labute approximate surface area is 107 Å². The molecule has 0 spiro atoms. The molecule has 0 aromatic carbocycles. The van der Waals surface area contributed by atoms with Crippen molar-refractivity contribution in [2.45, 2.75) is 31.2 Å². The molecule has 7 heteroatoms. The van der Waals surface area contributed by atoms with Crippen LogP contribution in [-0.2, 0) is 10.0 Å². The minimum atomic E-state index is -3.45. The highest BCUT2D eigenvalue weighted by Gasteiger charge is 2.37. The summed E-state index contributed by atoms with van der Waals surface area (Å²) in [6, 6.07) is 0. The molecule has 0 unspecified atom stereocenters. The highest BCUT2D eigenvalue weighted by Crippen LogP contribution is 2.35. The van der Waals surface area contributed by atoms with Gasteiger partial charge in [0.1, 0.15) is 0 Å². The van der Waals surface area contributed by atoms with Gasteiger partial charge in [-0.3, -0.25) is 0 Å². The van der Waals surface area contributed by atoms with Crippen molar-refractivity contribution in [2.24, 2.45) is 5.41 Å². The second-order valence-electron chi connectivity index (χ2n) is 4.83. The quantitative estimate of drug-likeness (QED) is 0.840. The van der Waals surface area contributed by atoms with Gasteiger partial charge in [-0.1, -0.05) is 6.92 Å². The summed E-state index contributed by atoms with van der Waals surface area (Å²) in [5, 5.41) is 9.57. The van der Waals surface area contributed by atoms with E-state index >= 15 is 0 Å². The number of rotatable bonds is 4. The van der Waals surface area contributed by atoms with Gasteiger partial charge < -0.3 is 10.1 Å². The molecule has 0 radical (unpaired) electrons. The van der Waals surface area contributed by atoms with Crippen LogP contribution in [-0.4, -0.2) is 47.5 Å². The number of imidazole rings is 1. The van der Waals surface area contributed by atoms with E-state index in [1.165, 1.54) is 16.8 Å². The first-order chi connectivity index (χ1) is 8.54. The van der Waals surface area contributed by atoms with Gasteiger partial charge in [0.05, 0.1) is 12.5 Å². The van der Waals surface area contributed by atoms with E-state index in [4.69, 9.17) is 0 Å². The van der Waals surface area contributed by atoms with Crippen LogP contribution in [0.2, 0.25) is 0 Å². The Morgan fingerprint density at radius 1 is 1.50 bits per heavy atom. The van der Waals surface area contributed by atoms with Crippen LogP contribution < -0.4 is 0 Å². The van der Waals surface area contributed by atoms with Gasteiger partial charge >= 0.3 is 0 Å². The molecular weight excluding hydrogens is 254 g/mol. The first-order valence-electron chi connectivity index (χ1n) is 6.13. The molecule has 1 fully saturated rings. The maximum absolute atomic E-state index is 12.2. The third-order valence-electron chi connectivity index (χ3n) is 3.96. The molecule has 0 aliphatic carbocycles. The monoisotopic (exact) mass is 273 g/mol. The molecule has 1 aliphatic rings. The number of nitrogens with zero attached hydrogens (tertiary/aromatic N) is 2. The van der Waals surface area contributed by atoms with Crippen LogP contribution in [0.4, 0.5) is 0 Å². The van der Waals surface area contributed by atoms with Gasteiger partial charge in [0.15, 0.2) is 5.03 Å². The fourth-order valence-electron chi connectivity index (χ4n) is 2.35. The summed E-state index contributed by atoms with van der Waals surface area (Å²) < 4.78 is 25.9. The Morgan fingerprint density at radius 3 is 2.61 bits per heavy atom. The van der Waals surface area contributed by atoms with Crippen LogP contribution in [0.1, 0.15) is 26.2 Å². The predicted molar refractivity (Wildman–Crippen MR) is 66.4 cm³/mol. The Morgan fingerprint density at radius 2 is 2.17 bits per heavy atom. The number of nitrogens with one attached hydrogen (secondary N) is 1. The van der Waals surface area contributed by atoms with Crippen LogP contribution in [0.5, 0.6) is 0 Å². The van der Waals surface area contributed by atoms with Crippen molar-refractivity contribution in [3.8, 4) is 0 Å². The molecule has 0 saturated carbocycles. The summed E-state index contributed by atoms with van der Waals surface area (Å²) in [5.74, 6) is 0. The van der Waals surface area contributed by atoms with Crippen LogP contribution in [0, 0.1) is 5.41 Å². The molecule has 0 amide bonds. The molecule has 1 aromatic heterocycles. The molecule has 2 rings (SSSR count). The van der Waals surface area contributed by atoms with Gasteiger partial charge in [-0.2, -0.15) is 4.31 Å². The Balaban J connectivity index is 2.11. The number of H-pyrrole nitrogens is 1. The van der Waals surface area contributed by atoms with Gasteiger partial charge in [0.25, 0.3) is 10.0 Å². The molecule has 2 N–H and O–H groups in total. The molecule has 0 atom stereocenters. The lowest BCUT2D eigenvalue weighted by Gasteiger charge is -2.39. The maximum Gasteiger partial charge on any atom is 0.260 e. The fourth-order valence-corrected chi connectivity index (χ4v) is 3.68. The molecule has 1 aliphatic heterocycles. The topological polar surface area (TPSA) is 86.3 Å². The van der Waals surface area contributed by atoms with Crippen molar-refractivity contribution in [2.75, 3.05) is 19.7 Å². The first-order valence-corrected chi connectivity index (χ1v) is 7.57. The number of piperidine rings is 1. The minimum absolute atomic E-state index is 0.111. The van der Waals surface area contributed by atoms with Crippen molar-refractivity contribution in [3.63, 3.8) is 0 Å². The minimum Gasteiger partial charge on any atom is -0.396 e. The number of aliphatic hydroxyl groups is 1. The zero-order chi connectivity index (χ0) is 13.2. The van der Waals surface area contributed by atoms with E-state index in [0.717, 1.165) is 6.42 Å². The maximum atomic E-state index is 12.2. The second kappa shape index (κ2) is 4.99. The third-order valence-corrected chi connectivity index (χ3v) is 5.78. The van der Waals surface area contributed by atoms with E-state index in [2.05, 4.69) is 9.97 Å². The van der Waals surface area contributed by atoms with Crippen molar-refractivity contribution in [3.05, 3.63) is 12.5 Å². The first kappa shape index (κ1) is 13.5. The molecular formula is C11H19N3O3S. The summed E-state index contributed by atoms with van der Waals surface area (Å²) in [6.07, 6.45) is 4.96. The summed E-state index contributed by atoms with van der Waals surface area (Å²) in [7, 11) is -3.45. The highest BCUT2D eigenvalue weighted by atomic mass is 32.2. The van der Waals surface area contributed by atoms with Crippen LogP contribution >= 0.6 is 0 Å². The van der Waals surface area contributed by atoms with Gasteiger partial charge in [-0.15, -0.1) is 0 Å². The number of aromatic nitrogens is 2. The second-order valence-corrected chi connectivity index (χ2v) is 6.74. The molecule has 6 nitrogen and oxygen atoms in total. The standard InChI is InChI=1S/C11H19N3O3S/c1-2-11(8-15)3-5-14(6-4-11)18(16,17)10-7-12-9-13-10/h7,9,15H,2-6,8H2,1H3,(H,12,13). The molecule has 1 saturated heterocycles. The highest BCUT2D eigenvalue weighted by molar-refractivity contribution is 7.89. The smallest absolute Gasteiger partial charge is 0.260 e. The van der Waals surface area contributed by atoms with Gasteiger partial charge in [0, 0.05) is 19.7 Å². The number of hydrogen-bond donors (Lipinski definition) is 2. The SMILES string of the molecule is CCC1(CO)CCN(S(=O)(=O)c2cnc[nH]2)CC1. The number of sulfonamides is 1. The van der Waals surface area contributed by atoms with Crippen LogP contribution in [0.3, 0.4) is 0 Å². The van der Waals surface area contributed by atoms with Gasteiger partial charge in [-0.25, -0.2) is 13.4 Å². The largest absolute Gasteiger partial charge is 0.396 e. The van der Waals surface area contributed by atoms with Crippen LogP contribution in [0.25, 0.3) is 0 Å². The lowest BCUT2D eigenvalue weighted by Crippen LogP contribution is -2.44. The summed E-state index contributed by atoms with van der Waals surface area (Å²) >= 11 is 0. The molecule has 102 valence electrons. The van der Waals surface area contributed by atoms with Gasteiger partial charge in [-0.05, 0) is 24.7 Å². The van der Waals surface area contributed by atoms with E-state index < -0.39 is 10.0 Å². The lowest BCUT2D eigenvalue weighted by atomic mass is 9.77. The summed E-state index contributed by atoms with van der Waals surface area (Å²) in [6.45, 7) is 3.07. The lowest BCUT2D eigenvalue weighted by molar-refractivity contribution is 0.0647. The van der Waals surface area contributed by atoms with E-state index in [1.54, 1.807) is 0 Å². The van der Waals surface area contributed by atoms with Crippen molar-refractivity contribution >= 4 is 10.0 Å². The Bertz CT molecular complexity index is 470. The molecule has 18 heavy (non-hydrogen) atoms. The molecule has 0 bridgehead atoms. The third kappa shape index (κ3) is 2.30.